The molecule has 5 heteroatoms. The van der Waals surface area contributed by atoms with Crippen molar-refractivity contribution in [2.45, 2.75) is 63.7 Å². The average Bonchev–Trinajstić information content (AvgIpc) is 3.22. The van der Waals surface area contributed by atoms with E-state index in [2.05, 4.69) is 29.7 Å². The first kappa shape index (κ1) is 17.2. The van der Waals surface area contributed by atoms with Gasteiger partial charge >= 0.3 is 6.03 Å². The lowest BCUT2D eigenvalue weighted by molar-refractivity contribution is -0.955. The Kier molecular flexibility index (Phi) is 4.98. The summed E-state index contributed by atoms with van der Waals surface area (Å²) in [5, 5.41) is 6.25. The summed E-state index contributed by atoms with van der Waals surface area (Å²) < 4.78 is 5.54. The Morgan fingerprint density at radius 2 is 1.92 bits per heavy atom. The maximum Gasteiger partial charge on any atom is 0.319 e. The Morgan fingerprint density at radius 3 is 2.62 bits per heavy atom. The summed E-state index contributed by atoms with van der Waals surface area (Å²) in [4.78, 5) is 14.1. The van der Waals surface area contributed by atoms with Crippen LogP contribution in [0.15, 0.2) is 47.1 Å². The number of para-hydroxylation sites is 1. The van der Waals surface area contributed by atoms with Gasteiger partial charge in [-0.15, -0.1) is 0 Å². The Labute approximate surface area is 154 Å². The third kappa shape index (κ3) is 3.63. The largest absolute Gasteiger partial charge is 0.463 e. The lowest BCUT2D eigenvalue weighted by atomic mass is 9.97. The molecule has 3 heterocycles. The number of piperidine rings is 1. The van der Waals surface area contributed by atoms with E-state index < -0.39 is 0 Å². The van der Waals surface area contributed by atoms with Crippen LogP contribution in [0.4, 0.5) is 10.5 Å². The molecule has 0 unspecified atom stereocenters. The van der Waals surface area contributed by atoms with Crippen LogP contribution in [0.1, 0.15) is 43.9 Å². The van der Waals surface area contributed by atoms with Gasteiger partial charge in [0, 0.05) is 37.4 Å². The molecule has 0 radical (unpaired) electrons. The number of amides is 2. The number of nitrogens with one attached hydrogen (secondary N) is 3. The number of aryl methyl sites for hydroxylation is 1. The second kappa shape index (κ2) is 7.54. The van der Waals surface area contributed by atoms with E-state index in [0.717, 1.165) is 37.3 Å². The Morgan fingerprint density at radius 1 is 1.15 bits per heavy atom. The number of anilines is 1. The van der Waals surface area contributed by atoms with Crippen molar-refractivity contribution in [1.82, 2.24) is 5.32 Å². The van der Waals surface area contributed by atoms with Crippen molar-refractivity contribution in [2.75, 3.05) is 5.32 Å². The van der Waals surface area contributed by atoms with Crippen molar-refractivity contribution < 1.29 is 14.1 Å². The van der Waals surface area contributed by atoms with Crippen molar-refractivity contribution >= 4 is 11.7 Å². The van der Waals surface area contributed by atoms with Crippen LogP contribution in [0.3, 0.4) is 0 Å². The van der Waals surface area contributed by atoms with Gasteiger partial charge in [-0.1, -0.05) is 25.1 Å². The highest BCUT2D eigenvalue weighted by atomic mass is 16.3. The minimum atomic E-state index is -0.0789. The Bertz CT molecular complexity index is 729. The second-order valence-electron chi connectivity index (χ2n) is 7.58. The number of carbonyl (C=O) groups is 1. The van der Waals surface area contributed by atoms with E-state index in [4.69, 9.17) is 4.42 Å². The van der Waals surface area contributed by atoms with Gasteiger partial charge in [-0.25, -0.2) is 4.79 Å². The predicted octanol–water partition coefficient (Wildman–Crippen LogP) is 2.74. The fraction of sp³-hybridized carbons (Fsp3) is 0.476. The molecule has 1 aromatic carbocycles. The van der Waals surface area contributed by atoms with Crippen LogP contribution in [0.2, 0.25) is 0 Å². The van der Waals surface area contributed by atoms with Crippen molar-refractivity contribution in [3.8, 4) is 0 Å². The van der Waals surface area contributed by atoms with Crippen LogP contribution in [0.25, 0.3) is 0 Å². The molecule has 1 aromatic heterocycles. The van der Waals surface area contributed by atoms with Crippen LogP contribution in [0.5, 0.6) is 0 Å². The number of carbonyl (C=O) groups excluding carboxylic acids is 1. The first-order valence-electron chi connectivity index (χ1n) is 9.76. The quantitative estimate of drug-likeness (QED) is 0.773. The molecule has 0 spiro atoms. The summed E-state index contributed by atoms with van der Waals surface area (Å²) in [7, 11) is 0. The summed E-state index contributed by atoms with van der Waals surface area (Å²) in [6.07, 6.45) is 7.27. The maximum absolute atomic E-state index is 12.5. The molecule has 2 aliphatic heterocycles. The van der Waals surface area contributed by atoms with E-state index in [9.17, 15) is 4.79 Å². The van der Waals surface area contributed by atoms with Crippen molar-refractivity contribution in [3.05, 3.63) is 54.0 Å². The summed E-state index contributed by atoms with van der Waals surface area (Å²) in [5.74, 6) is 1.07. The highest BCUT2D eigenvalue weighted by Gasteiger charge is 2.45. The molecule has 2 aromatic rings. The smallest absolute Gasteiger partial charge is 0.319 e. The van der Waals surface area contributed by atoms with Crippen LogP contribution in [-0.2, 0) is 13.0 Å². The predicted molar refractivity (Wildman–Crippen MR) is 101 cm³/mol. The summed E-state index contributed by atoms with van der Waals surface area (Å²) in [5.41, 5.74) is 2.08. The molecular formula is C21H28N3O2+. The first-order valence-corrected chi connectivity index (χ1v) is 9.76. The zero-order valence-electron chi connectivity index (χ0n) is 15.3. The molecule has 4 rings (SSSR count). The van der Waals surface area contributed by atoms with Crippen molar-refractivity contribution in [3.63, 3.8) is 0 Å². The molecule has 2 aliphatic rings. The zero-order valence-corrected chi connectivity index (χ0v) is 15.3. The van der Waals surface area contributed by atoms with Crippen LogP contribution in [-0.4, -0.2) is 24.2 Å². The van der Waals surface area contributed by atoms with Gasteiger partial charge in [0.2, 0.25) is 0 Å². The number of quaternary nitrogens is 1. The van der Waals surface area contributed by atoms with Gasteiger partial charge < -0.3 is 20.0 Å². The monoisotopic (exact) mass is 354 g/mol. The number of furan rings is 1. The second-order valence-corrected chi connectivity index (χ2v) is 7.58. The van der Waals surface area contributed by atoms with Gasteiger partial charge in [0.15, 0.2) is 5.76 Å². The van der Waals surface area contributed by atoms with Crippen molar-refractivity contribution in [2.24, 2.45) is 0 Å². The minimum absolute atomic E-state index is 0.0789. The maximum atomic E-state index is 12.5. The lowest BCUT2D eigenvalue weighted by Gasteiger charge is -2.35. The topological polar surface area (TPSA) is 58.7 Å². The van der Waals surface area contributed by atoms with Crippen LogP contribution >= 0.6 is 0 Å². The highest BCUT2D eigenvalue weighted by molar-refractivity contribution is 5.90. The first-order chi connectivity index (χ1) is 12.7. The normalized spacial score (nSPS) is 27.3. The molecular weight excluding hydrogens is 326 g/mol. The van der Waals surface area contributed by atoms with Crippen LogP contribution < -0.4 is 15.5 Å². The highest BCUT2D eigenvalue weighted by Crippen LogP contribution is 2.24. The lowest BCUT2D eigenvalue weighted by Crippen LogP contribution is -3.17. The van der Waals surface area contributed by atoms with E-state index >= 15 is 0 Å². The molecule has 5 nitrogen and oxygen atoms in total. The molecule has 0 aliphatic carbocycles. The van der Waals surface area contributed by atoms with E-state index in [1.54, 1.807) is 11.2 Å². The van der Waals surface area contributed by atoms with Gasteiger partial charge in [-0.3, -0.25) is 0 Å². The SMILES string of the molecule is CCc1ccccc1NC(=O)NC1C[C@H]2CC[C@H](C1)[NH+]2Cc1ccco1. The van der Waals surface area contributed by atoms with E-state index in [-0.39, 0.29) is 12.1 Å². The van der Waals surface area contributed by atoms with Crippen LogP contribution in [0, 0.1) is 0 Å². The summed E-state index contributed by atoms with van der Waals surface area (Å²) in [6.45, 7) is 3.07. The molecule has 0 saturated carbocycles. The van der Waals surface area contributed by atoms with E-state index in [1.165, 1.54) is 18.4 Å². The number of hydrogen-bond donors (Lipinski definition) is 3. The summed E-state index contributed by atoms with van der Waals surface area (Å²) in [6, 6.07) is 13.5. The fourth-order valence-electron chi connectivity index (χ4n) is 4.74. The number of urea groups is 1. The van der Waals surface area contributed by atoms with Gasteiger partial charge in [0.25, 0.3) is 0 Å². The van der Waals surface area contributed by atoms with Crippen molar-refractivity contribution in [1.29, 1.82) is 0 Å². The number of benzene rings is 1. The minimum Gasteiger partial charge on any atom is -0.463 e. The molecule has 2 bridgehead atoms. The summed E-state index contributed by atoms with van der Waals surface area (Å²) >= 11 is 0. The third-order valence-electron chi connectivity index (χ3n) is 5.99. The van der Waals surface area contributed by atoms with Gasteiger partial charge in [0.1, 0.15) is 6.54 Å². The zero-order chi connectivity index (χ0) is 17.9. The number of rotatable bonds is 5. The van der Waals surface area contributed by atoms with E-state index in [1.807, 2.05) is 24.3 Å². The molecule has 2 atom stereocenters. The molecule has 2 fully saturated rings. The van der Waals surface area contributed by atoms with E-state index in [0.29, 0.717) is 12.1 Å². The Hall–Kier alpha value is -2.27. The Balaban J connectivity index is 1.33. The molecule has 138 valence electrons. The molecule has 2 amide bonds. The third-order valence-corrected chi connectivity index (χ3v) is 5.99. The molecule has 3 N–H and O–H groups in total. The number of hydrogen-bond acceptors (Lipinski definition) is 2. The number of fused-ring (bicyclic) bond motifs is 2. The fourth-order valence-corrected chi connectivity index (χ4v) is 4.74. The van der Waals surface area contributed by atoms with Gasteiger partial charge in [-0.05, 0) is 30.2 Å². The molecule has 26 heavy (non-hydrogen) atoms. The standard InChI is InChI=1S/C21H27N3O2/c1-2-15-6-3-4-8-20(15)23-21(25)22-16-12-17-9-10-18(13-16)24(17)14-19-7-5-11-26-19/h3-8,11,16-18H,2,9-10,12-14H2,1H3,(H2,22,23,25)/p+1/t17-,18-/m1/s1. The van der Waals surface area contributed by atoms with Gasteiger partial charge in [0.05, 0.1) is 18.3 Å². The average molecular weight is 354 g/mol. The molecule has 2 saturated heterocycles. The van der Waals surface area contributed by atoms with Gasteiger partial charge in [-0.2, -0.15) is 0 Å².